The number of amides is 1. The molecule has 1 N–H and O–H groups in total. The number of hydrogen-bond acceptors (Lipinski definition) is 3. The highest BCUT2D eigenvalue weighted by Crippen LogP contribution is 2.26. The first kappa shape index (κ1) is 12.8. The van der Waals surface area contributed by atoms with Crippen molar-refractivity contribution in [3.63, 3.8) is 0 Å². The number of ether oxygens (including phenoxy) is 1. The van der Waals surface area contributed by atoms with Crippen LogP contribution in [0.25, 0.3) is 10.8 Å². The number of rotatable bonds is 4. The van der Waals surface area contributed by atoms with Crippen LogP contribution in [0, 0.1) is 0 Å². The van der Waals surface area contributed by atoms with Crippen LogP contribution in [0.15, 0.2) is 36.4 Å². The Hall–Kier alpha value is -2.23. The average Bonchev–Trinajstić information content (AvgIpc) is 3.28. The molecule has 1 amide bonds. The number of carbonyl (C=O) groups excluding carboxylic acids is 1. The molecule has 2 aromatic rings. The van der Waals surface area contributed by atoms with Crippen molar-refractivity contribution in [1.82, 2.24) is 4.90 Å². The standard InChI is InChI=1S/C16H17NO3/c1-17(13-4-5-13)16(19)10-20-15-7-3-11-2-6-14(18)8-12(11)9-15/h2-3,6-9,13,18H,4-5,10H2,1H3. The van der Waals surface area contributed by atoms with Gasteiger partial charge in [0.15, 0.2) is 6.61 Å². The Labute approximate surface area is 117 Å². The highest BCUT2D eigenvalue weighted by Gasteiger charge is 2.29. The van der Waals surface area contributed by atoms with Gasteiger partial charge in [0.2, 0.25) is 0 Å². The smallest absolute Gasteiger partial charge is 0.260 e. The third-order valence-electron chi connectivity index (χ3n) is 3.65. The zero-order valence-electron chi connectivity index (χ0n) is 11.4. The highest BCUT2D eigenvalue weighted by molar-refractivity contribution is 5.85. The number of likely N-dealkylation sites (N-methyl/N-ethyl adjacent to an activating group) is 1. The van der Waals surface area contributed by atoms with Crippen LogP contribution in [-0.4, -0.2) is 35.6 Å². The zero-order valence-corrected chi connectivity index (χ0v) is 11.4. The number of phenolic OH excluding ortho intramolecular Hbond substituents is 1. The van der Waals surface area contributed by atoms with Crippen LogP contribution in [0.3, 0.4) is 0 Å². The molecule has 1 aliphatic rings. The van der Waals surface area contributed by atoms with Gasteiger partial charge in [-0.1, -0.05) is 12.1 Å². The molecule has 2 aromatic carbocycles. The second kappa shape index (κ2) is 5.04. The first-order valence-electron chi connectivity index (χ1n) is 6.75. The van der Waals surface area contributed by atoms with Gasteiger partial charge in [0.1, 0.15) is 11.5 Å². The third kappa shape index (κ3) is 2.69. The molecule has 0 atom stereocenters. The van der Waals surface area contributed by atoms with Gasteiger partial charge in [0.25, 0.3) is 5.91 Å². The summed E-state index contributed by atoms with van der Waals surface area (Å²) in [5.41, 5.74) is 0. The number of aromatic hydroxyl groups is 1. The molecule has 1 aliphatic carbocycles. The number of carbonyl (C=O) groups is 1. The molecule has 0 bridgehead atoms. The lowest BCUT2D eigenvalue weighted by atomic mass is 10.1. The van der Waals surface area contributed by atoms with Crippen molar-refractivity contribution in [2.24, 2.45) is 0 Å². The Bertz CT molecular complexity index is 649. The minimum absolute atomic E-state index is 0.00325. The summed E-state index contributed by atoms with van der Waals surface area (Å²) in [4.78, 5) is 13.6. The van der Waals surface area contributed by atoms with Gasteiger partial charge in [-0.2, -0.15) is 0 Å². The van der Waals surface area contributed by atoms with Gasteiger partial charge in [-0.05, 0) is 47.9 Å². The van der Waals surface area contributed by atoms with Crippen LogP contribution >= 0.6 is 0 Å². The van der Waals surface area contributed by atoms with E-state index in [1.165, 1.54) is 0 Å². The first-order chi connectivity index (χ1) is 9.63. The maximum absolute atomic E-state index is 11.9. The zero-order chi connectivity index (χ0) is 14.1. The van der Waals surface area contributed by atoms with Crippen molar-refractivity contribution in [1.29, 1.82) is 0 Å². The van der Waals surface area contributed by atoms with Gasteiger partial charge in [0.05, 0.1) is 0 Å². The Morgan fingerprint density at radius 1 is 1.25 bits per heavy atom. The number of nitrogens with zero attached hydrogens (tertiary/aromatic N) is 1. The fourth-order valence-corrected chi connectivity index (χ4v) is 2.21. The molecule has 0 heterocycles. The Balaban J connectivity index is 1.69. The summed E-state index contributed by atoms with van der Waals surface area (Å²) >= 11 is 0. The molecule has 0 aromatic heterocycles. The van der Waals surface area contributed by atoms with Gasteiger partial charge < -0.3 is 14.7 Å². The monoisotopic (exact) mass is 271 g/mol. The van der Waals surface area contributed by atoms with Crippen molar-refractivity contribution >= 4 is 16.7 Å². The number of benzene rings is 2. The minimum atomic E-state index is 0.00325. The van der Waals surface area contributed by atoms with Gasteiger partial charge in [0, 0.05) is 13.1 Å². The van der Waals surface area contributed by atoms with Crippen LogP contribution in [0.2, 0.25) is 0 Å². The lowest BCUT2D eigenvalue weighted by Gasteiger charge is -2.16. The van der Waals surface area contributed by atoms with Crippen LogP contribution in [0.1, 0.15) is 12.8 Å². The fraction of sp³-hybridized carbons (Fsp3) is 0.312. The molecule has 0 radical (unpaired) electrons. The maximum atomic E-state index is 11.9. The highest BCUT2D eigenvalue weighted by atomic mass is 16.5. The Morgan fingerprint density at radius 2 is 2.00 bits per heavy atom. The third-order valence-corrected chi connectivity index (χ3v) is 3.65. The predicted molar refractivity (Wildman–Crippen MR) is 76.9 cm³/mol. The van der Waals surface area contributed by atoms with E-state index in [0.717, 1.165) is 23.6 Å². The van der Waals surface area contributed by atoms with Crippen LogP contribution in [0.4, 0.5) is 0 Å². The number of phenols is 1. The topological polar surface area (TPSA) is 49.8 Å². The van der Waals surface area contributed by atoms with Crippen molar-refractivity contribution in [2.45, 2.75) is 18.9 Å². The SMILES string of the molecule is CN(C(=O)COc1ccc2ccc(O)cc2c1)C1CC1. The van der Waals surface area contributed by atoms with E-state index in [1.807, 2.05) is 31.3 Å². The molecule has 20 heavy (non-hydrogen) atoms. The van der Waals surface area contributed by atoms with E-state index in [1.54, 1.807) is 17.0 Å². The molecular formula is C16H17NO3. The van der Waals surface area contributed by atoms with Gasteiger partial charge in [-0.15, -0.1) is 0 Å². The molecule has 0 aliphatic heterocycles. The molecule has 0 saturated heterocycles. The fourth-order valence-electron chi connectivity index (χ4n) is 2.21. The minimum Gasteiger partial charge on any atom is -0.508 e. The molecule has 4 heteroatoms. The van der Waals surface area contributed by atoms with Gasteiger partial charge >= 0.3 is 0 Å². The molecule has 104 valence electrons. The van der Waals surface area contributed by atoms with Crippen LogP contribution < -0.4 is 4.74 Å². The second-order valence-electron chi connectivity index (χ2n) is 5.22. The summed E-state index contributed by atoms with van der Waals surface area (Å²) < 4.78 is 5.54. The molecule has 0 spiro atoms. The summed E-state index contributed by atoms with van der Waals surface area (Å²) in [7, 11) is 1.82. The van der Waals surface area contributed by atoms with E-state index in [4.69, 9.17) is 4.74 Å². The van der Waals surface area contributed by atoms with Gasteiger partial charge in [-0.3, -0.25) is 4.79 Å². The van der Waals surface area contributed by atoms with E-state index in [-0.39, 0.29) is 18.3 Å². The van der Waals surface area contributed by atoms with Crippen LogP contribution in [-0.2, 0) is 4.79 Å². The van der Waals surface area contributed by atoms with Crippen molar-refractivity contribution in [2.75, 3.05) is 13.7 Å². The van der Waals surface area contributed by atoms with Crippen LogP contribution in [0.5, 0.6) is 11.5 Å². The summed E-state index contributed by atoms with van der Waals surface area (Å²) in [5, 5.41) is 11.4. The number of hydrogen-bond donors (Lipinski definition) is 1. The number of fused-ring (bicyclic) bond motifs is 1. The molecule has 1 fully saturated rings. The largest absolute Gasteiger partial charge is 0.508 e. The molecular weight excluding hydrogens is 254 g/mol. The normalized spacial score (nSPS) is 14.2. The van der Waals surface area contributed by atoms with E-state index in [9.17, 15) is 9.90 Å². The lowest BCUT2D eigenvalue weighted by Crippen LogP contribution is -2.33. The van der Waals surface area contributed by atoms with Crippen molar-refractivity contribution in [3.05, 3.63) is 36.4 Å². The summed E-state index contributed by atoms with van der Waals surface area (Å²) in [5.74, 6) is 0.864. The lowest BCUT2D eigenvalue weighted by molar-refractivity contribution is -0.132. The average molecular weight is 271 g/mol. The molecule has 1 saturated carbocycles. The van der Waals surface area contributed by atoms with E-state index >= 15 is 0 Å². The van der Waals surface area contributed by atoms with Crippen molar-refractivity contribution < 1.29 is 14.6 Å². The molecule has 0 unspecified atom stereocenters. The Morgan fingerprint density at radius 3 is 2.75 bits per heavy atom. The second-order valence-corrected chi connectivity index (χ2v) is 5.22. The van der Waals surface area contributed by atoms with E-state index in [0.29, 0.717) is 11.8 Å². The summed E-state index contributed by atoms with van der Waals surface area (Å²) in [6.07, 6.45) is 2.19. The maximum Gasteiger partial charge on any atom is 0.260 e. The van der Waals surface area contributed by atoms with Crippen molar-refractivity contribution in [3.8, 4) is 11.5 Å². The first-order valence-corrected chi connectivity index (χ1v) is 6.75. The molecule has 3 rings (SSSR count). The quantitative estimate of drug-likeness (QED) is 0.929. The van der Waals surface area contributed by atoms with E-state index in [2.05, 4.69) is 0 Å². The molecule has 4 nitrogen and oxygen atoms in total. The summed E-state index contributed by atoms with van der Waals surface area (Å²) in [6, 6.07) is 11.2. The van der Waals surface area contributed by atoms with E-state index < -0.39 is 0 Å². The Kier molecular flexibility index (Phi) is 3.22. The predicted octanol–water partition coefficient (Wildman–Crippen LogP) is 2.55. The van der Waals surface area contributed by atoms with Gasteiger partial charge in [-0.25, -0.2) is 0 Å². The summed E-state index contributed by atoms with van der Waals surface area (Å²) in [6.45, 7) is 0.0529.